The summed E-state index contributed by atoms with van der Waals surface area (Å²) < 4.78 is 0. The molecule has 4 heteroatoms. The number of aliphatic carboxylic acids is 1. The Balaban J connectivity index is 1.46. The number of rotatable bonds is 6. The van der Waals surface area contributed by atoms with E-state index in [1.807, 2.05) is 11.9 Å². The van der Waals surface area contributed by atoms with Crippen LogP contribution in [0.15, 0.2) is 24.3 Å². The van der Waals surface area contributed by atoms with Crippen LogP contribution in [0.1, 0.15) is 55.6 Å². The van der Waals surface area contributed by atoms with Gasteiger partial charge in [0, 0.05) is 12.6 Å². The van der Waals surface area contributed by atoms with Crippen LogP contribution < -0.4 is 0 Å². The van der Waals surface area contributed by atoms with Crippen molar-refractivity contribution in [1.82, 2.24) is 9.80 Å². The molecule has 0 amide bonds. The van der Waals surface area contributed by atoms with E-state index in [0.717, 1.165) is 38.4 Å². The van der Waals surface area contributed by atoms with Gasteiger partial charge in [-0.1, -0.05) is 37.1 Å². The molecule has 3 rings (SSSR count). The van der Waals surface area contributed by atoms with Crippen LogP contribution in [-0.2, 0) is 11.3 Å². The predicted molar refractivity (Wildman–Crippen MR) is 96.2 cm³/mol. The fourth-order valence-electron chi connectivity index (χ4n) is 4.27. The molecule has 0 atom stereocenters. The van der Waals surface area contributed by atoms with E-state index in [2.05, 4.69) is 29.2 Å². The number of likely N-dealkylation sites (N-methyl/N-ethyl adjacent to an activating group) is 1. The maximum absolute atomic E-state index is 10.8. The van der Waals surface area contributed by atoms with Gasteiger partial charge in [0.1, 0.15) is 0 Å². The molecule has 4 nitrogen and oxygen atoms in total. The Hall–Kier alpha value is -1.39. The lowest BCUT2D eigenvalue weighted by molar-refractivity contribution is -0.138. The first kappa shape index (κ1) is 17.4. The van der Waals surface area contributed by atoms with Gasteiger partial charge < -0.3 is 5.11 Å². The first-order chi connectivity index (χ1) is 11.6. The highest BCUT2D eigenvalue weighted by Crippen LogP contribution is 2.34. The second kappa shape index (κ2) is 8.13. The van der Waals surface area contributed by atoms with E-state index in [-0.39, 0.29) is 6.54 Å². The molecule has 0 radical (unpaired) electrons. The van der Waals surface area contributed by atoms with Gasteiger partial charge in [0.25, 0.3) is 0 Å². The van der Waals surface area contributed by atoms with E-state index in [9.17, 15) is 4.79 Å². The van der Waals surface area contributed by atoms with Crippen LogP contribution in [-0.4, -0.2) is 53.6 Å². The maximum atomic E-state index is 10.8. The lowest BCUT2D eigenvalue weighted by Crippen LogP contribution is -2.44. The number of hydrogen-bond acceptors (Lipinski definition) is 3. The van der Waals surface area contributed by atoms with Crippen molar-refractivity contribution in [3.63, 3.8) is 0 Å². The van der Waals surface area contributed by atoms with Crippen LogP contribution in [0.25, 0.3) is 0 Å². The van der Waals surface area contributed by atoms with Gasteiger partial charge in [0.15, 0.2) is 0 Å². The van der Waals surface area contributed by atoms with E-state index >= 15 is 0 Å². The topological polar surface area (TPSA) is 43.8 Å². The van der Waals surface area contributed by atoms with Gasteiger partial charge in [0.05, 0.1) is 6.54 Å². The Morgan fingerprint density at radius 3 is 2.33 bits per heavy atom. The molecule has 1 heterocycles. The van der Waals surface area contributed by atoms with Crippen LogP contribution in [0.5, 0.6) is 0 Å². The molecule has 2 fully saturated rings. The second-order valence-corrected chi connectivity index (χ2v) is 7.54. The standard InChI is InChI=1S/C20H30N2O2/c1-21(15-20(23)24)19-10-12-22(13-11-19)14-16-6-8-18(9-7-16)17-4-2-3-5-17/h6-9,17,19H,2-5,10-15H2,1H3,(H,23,24). The van der Waals surface area contributed by atoms with Crippen molar-refractivity contribution in [3.05, 3.63) is 35.4 Å². The number of piperidine rings is 1. The highest BCUT2D eigenvalue weighted by molar-refractivity contribution is 5.69. The molecule has 1 saturated carbocycles. The van der Waals surface area contributed by atoms with Crippen molar-refractivity contribution in [1.29, 1.82) is 0 Å². The third-order valence-electron chi connectivity index (χ3n) is 5.78. The summed E-state index contributed by atoms with van der Waals surface area (Å²) >= 11 is 0. The third-order valence-corrected chi connectivity index (χ3v) is 5.78. The number of carboxylic acids is 1. The van der Waals surface area contributed by atoms with Crippen LogP contribution >= 0.6 is 0 Å². The minimum Gasteiger partial charge on any atom is -0.480 e. The number of likely N-dealkylation sites (tertiary alicyclic amines) is 1. The van der Waals surface area contributed by atoms with Crippen molar-refractivity contribution in [2.24, 2.45) is 0 Å². The lowest BCUT2D eigenvalue weighted by atomic mass is 9.96. The lowest BCUT2D eigenvalue weighted by Gasteiger charge is -2.36. The normalized spacial score (nSPS) is 20.8. The molecule has 0 unspecified atom stereocenters. The second-order valence-electron chi connectivity index (χ2n) is 7.54. The largest absolute Gasteiger partial charge is 0.480 e. The van der Waals surface area contributed by atoms with Gasteiger partial charge in [-0.15, -0.1) is 0 Å². The molecule has 0 aromatic heterocycles. The summed E-state index contributed by atoms with van der Waals surface area (Å²) in [7, 11) is 1.93. The zero-order chi connectivity index (χ0) is 16.9. The summed E-state index contributed by atoms with van der Waals surface area (Å²) in [4.78, 5) is 15.3. The molecule has 2 aliphatic rings. The Bertz CT molecular complexity index is 529. The Morgan fingerprint density at radius 1 is 1.12 bits per heavy atom. The monoisotopic (exact) mass is 330 g/mol. The summed E-state index contributed by atoms with van der Waals surface area (Å²) in [6, 6.07) is 9.67. The van der Waals surface area contributed by atoms with E-state index in [0.29, 0.717) is 6.04 Å². The Labute approximate surface area is 145 Å². The zero-order valence-electron chi connectivity index (χ0n) is 14.8. The van der Waals surface area contributed by atoms with Crippen molar-refractivity contribution in [3.8, 4) is 0 Å². The van der Waals surface area contributed by atoms with Gasteiger partial charge in [0.2, 0.25) is 0 Å². The summed E-state index contributed by atoms with van der Waals surface area (Å²) in [5.74, 6) is 0.0573. The van der Waals surface area contributed by atoms with Crippen molar-refractivity contribution in [2.75, 3.05) is 26.7 Å². The number of carboxylic acid groups (broad SMARTS) is 1. The van der Waals surface area contributed by atoms with Gasteiger partial charge in [-0.2, -0.15) is 0 Å². The maximum Gasteiger partial charge on any atom is 0.317 e. The molecule has 1 aliphatic carbocycles. The van der Waals surface area contributed by atoms with E-state index in [1.54, 1.807) is 0 Å². The molecule has 1 aromatic rings. The summed E-state index contributed by atoms with van der Waals surface area (Å²) in [6.45, 7) is 3.27. The van der Waals surface area contributed by atoms with Gasteiger partial charge in [-0.3, -0.25) is 14.6 Å². The summed E-state index contributed by atoms with van der Waals surface area (Å²) in [5.41, 5.74) is 2.92. The average Bonchev–Trinajstić information content (AvgIpc) is 3.10. The van der Waals surface area contributed by atoms with Gasteiger partial charge in [-0.05, 0) is 62.9 Å². The number of nitrogens with zero attached hydrogens (tertiary/aromatic N) is 2. The Morgan fingerprint density at radius 2 is 1.75 bits per heavy atom. The zero-order valence-corrected chi connectivity index (χ0v) is 14.8. The van der Waals surface area contributed by atoms with Gasteiger partial charge >= 0.3 is 5.97 Å². The van der Waals surface area contributed by atoms with E-state index in [4.69, 9.17) is 5.11 Å². The quantitative estimate of drug-likeness (QED) is 0.869. The molecular weight excluding hydrogens is 300 g/mol. The predicted octanol–water partition coefficient (Wildman–Crippen LogP) is 3.33. The molecule has 1 aliphatic heterocycles. The van der Waals surface area contributed by atoms with Crippen molar-refractivity contribution in [2.45, 2.75) is 57.0 Å². The minimum absolute atomic E-state index is 0.146. The van der Waals surface area contributed by atoms with Crippen LogP contribution in [0.4, 0.5) is 0 Å². The molecule has 0 spiro atoms. The van der Waals surface area contributed by atoms with Crippen LogP contribution in [0.3, 0.4) is 0 Å². The van der Waals surface area contributed by atoms with Crippen molar-refractivity contribution < 1.29 is 9.90 Å². The fraction of sp³-hybridized carbons (Fsp3) is 0.650. The van der Waals surface area contributed by atoms with E-state index in [1.165, 1.54) is 36.8 Å². The van der Waals surface area contributed by atoms with E-state index < -0.39 is 5.97 Å². The first-order valence-electron chi connectivity index (χ1n) is 9.35. The molecule has 132 valence electrons. The third kappa shape index (κ3) is 4.58. The van der Waals surface area contributed by atoms with Crippen LogP contribution in [0, 0.1) is 0 Å². The van der Waals surface area contributed by atoms with Crippen LogP contribution in [0.2, 0.25) is 0 Å². The molecule has 24 heavy (non-hydrogen) atoms. The number of hydrogen-bond donors (Lipinski definition) is 1. The highest BCUT2D eigenvalue weighted by Gasteiger charge is 2.23. The average molecular weight is 330 g/mol. The smallest absolute Gasteiger partial charge is 0.317 e. The molecule has 1 saturated heterocycles. The molecule has 1 aromatic carbocycles. The minimum atomic E-state index is -0.734. The summed E-state index contributed by atoms with van der Waals surface area (Å²) in [6.07, 6.45) is 7.61. The number of benzene rings is 1. The number of carbonyl (C=O) groups is 1. The van der Waals surface area contributed by atoms with Gasteiger partial charge in [-0.25, -0.2) is 0 Å². The molecule has 1 N–H and O–H groups in total. The summed E-state index contributed by atoms with van der Waals surface area (Å²) in [5, 5.41) is 8.91. The SMILES string of the molecule is CN(CC(=O)O)C1CCN(Cc2ccc(C3CCCC3)cc2)CC1. The molecular formula is C20H30N2O2. The molecule has 0 bridgehead atoms. The fourth-order valence-corrected chi connectivity index (χ4v) is 4.27. The Kier molecular flexibility index (Phi) is 5.90. The van der Waals surface area contributed by atoms with Crippen molar-refractivity contribution >= 4 is 5.97 Å². The first-order valence-corrected chi connectivity index (χ1v) is 9.35. The highest BCUT2D eigenvalue weighted by atomic mass is 16.4.